The maximum Gasteiger partial charge on any atom is 0.208 e. The van der Waals surface area contributed by atoms with E-state index in [1.807, 2.05) is 6.92 Å². The molecule has 4 nitrogen and oxygen atoms in total. The molecule has 2 rings (SSSR count). The second-order valence-electron chi connectivity index (χ2n) is 3.87. The van der Waals surface area contributed by atoms with Crippen LogP contribution in [0.15, 0.2) is 0 Å². The highest BCUT2D eigenvalue weighted by atomic mass is 32.1. The molecule has 0 amide bonds. The lowest BCUT2D eigenvalue weighted by Gasteiger charge is -2.24. The summed E-state index contributed by atoms with van der Waals surface area (Å²) < 4.78 is 0. The van der Waals surface area contributed by atoms with Crippen molar-refractivity contribution in [1.29, 1.82) is 0 Å². The normalized spacial score (nSPS) is 27.2. The third-order valence-electron chi connectivity index (χ3n) is 2.89. The molecule has 0 spiro atoms. The molecule has 2 N–H and O–H groups in total. The molecule has 14 heavy (non-hydrogen) atoms. The number of aromatic nitrogens is 2. The maximum atomic E-state index is 5.77. The van der Waals surface area contributed by atoms with E-state index < -0.39 is 0 Å². The smallest absolute Gasteiger partial charge is 0.208 e. The van der Waals surface area contributed by atoms with Gasteiger partial charge in [-0.15, -0.1) is 10.2 Å². The van der Waals surface area contributed by atoms with Gasteiger partial charge in [-0.25, -0.2) is 0 Å². The maximum absolute atomic E-state index is 5.77. The van der Waals surface area contributed by atoms with Crippen LogP contribution >= 0.6 is 11.3 Å². The summed E-state index contributed by atoms with van der Waals surface area (Å²) in [7, 11) is 0. The zero-order valence-corrected chi connectivity index (χ0v) is 9.42. The molecule has 0 bridgehead atoms. The van der Waals surface area contributed by atoms with Gasteiger partial charge in [0.15, 0.2) is 0 Å². The van der Waals surface area contributed by atoms with Crippen molar-refractivity contribution in [2.24, 2.45) is 11.7 Å². The highest BCUT2D eigenvalue weighted by molar-refractivity contribution is 7.15. The molecule has 1 fully saturated rings. The van der Waals surface area contributed by atoms with E-state index >= 15 is 0 Å². The predicted molar refractivity (Wildman–Crippen MR) is 58.6 cm³/mol. The van der Waals surface area contributed by atoms with E-state index in [4.69, 9.17) is 5.73 Å². The zero-order chi connectivity index (χ0) is 10.1. The number of hydrogen-bond acceptors (Lipinski definition) is 5. The number of aryl methyl sites for hydroxylation is 1. The van der Waals surface area contributed by atoms with Gasteiger partial charge in [-0.3, -0.25) is 0 Å². The van der Waals surface area contributed by atoms with Crippen molar-refractivity contribution in [3.05, 3.63) is 5.01 Å². The molecule has 1 aromatic heterocycles. The Labute approximate surface area is 88.1 Å². The van der Waals surface area contributed by atoms with E-state index in [0.717, 1.165) is 16.7 Å². The minimum atomic E-state index is 0.447. The highest BCUT2D eigenvalue weighted by Crippen LogP contribution is 2.30. The minimum Gasteiger partial charge on any atom is -0.342 e. The topological polar surface area (TPSA) is 55.0 Å². The van der Waals surface area contributed by atoms with Crippen molar-refractivity contribution < 1.29 is 0 Å². The third kappa shape index (κ3) is 1.62. The monoisotopic (exact) mass is 212 g/mol. The van der Waals surface area contributed by atoms with Crippen LogP contribution in [0.5, 0.6) is 0 Å². The first-order valence-corrected chi connectivity index (χ1v) is 5.81. The van der Waals surface area contributed by atoms with Gasteiger partial charge in [-0.2, -0.15) is 0 Å². The van der Waals surface area contributed by atoms with Gasteiger partial charge in [0.25, 0.3) is 0 Å². The van der Waals surface area contributed by atoms with E-state index in [0.29, 0.717) is 18.5 Å². The number of nitrogens with two attached hydrogens (primary N) is 1. The average molecular weight is 212 g/mol. The SMILES string of the molecule is Cc1nnc(N2CCC(C)C2CN)s1. The zero-order valence-electron chi connectivity index (χ0n) is 8.60. The van der Waals surface area contributed by atoms with Crippen molar-refractivity contribution in [2.45, 2.75) is 26.3 Å². The lowest BCUT2D eigenvalue weighted by molar-refractivity contribution is 0.518. The van der Waals surface area contributed by atoms with Gasteiger partial charge < -0.3 is 10.6 Å². The average Bonchev–Trinajstić information content (AvgIpc) is 2.71. The molecule has 1 aliphatic heterocycles. The molecular formula is C9H16N4S. The number of hydrogen-bond donors (Lipinski definition) is 1. The van der Waals surface area contributed by atoms with Gasteiger partial charge in [0, 0.05) is 19.1 Å². The molecule has 1 aromatic rings. The van der Waals surface area contributed by atoms with E-state index in [1.165, 1.54) is 6.42 Å². The Balaban J connectivity index is 2.18. The summed E-state index contributed by atoms with van der Waals surface area (Å²) >= 11 is 1.65. The van der Waals surface area contributed by atoms with Gasteiger partial charge in [-0.1, -0.05) is 18.3 Å². The molecule has 1 aliphatic rings. The van der Waals surface area contributed by atoms with Crippen LogP contribution in [0.2, 0.25) is 0 Å². The van der Waals surface area contributed by atoms with Gasteiger partial charge in [-0.05, 0) is 19.3 Å². The molecule has 2 unspecified atom stereocenters. The van der Waals surface area contributed by atoms with Crippen molar-refractivity contribution in [2.75, 3.05) is 18.0 Å². The molecule has 0 saturated carbocycles. The Hall–Kier alpha value is -0.680. The Bertz CT molecular complexity index is 312. The summed E-state index contributed by atoms with van der Waals surface area (Å²) in [6.07, 6.45) is 1.21. The second-order valence-corrected chi connectivity index (χ2v) is 5.03. The Morgan fingerprint density at radius 2 is 2.36 bits per heavy atom. The summed E-state index contributed by atoms with van der Waals surface area (Å²) in [6, 6.07) is 0.447. The first-order chi connectivity index (χ1) is 6.72. The Morgan fingerprint density at radius 1 is 1.57 bits per heavy atom. The van der Waals surface area contributed by atoms with Crippen LogP contribution in [0, 0.1) is 12.8 Å². The minimum absolute atomic E-state index is 0.447. The van der Waals surface area contributed by atoms with Crippen LogP contribution < -0.4 is 10.6 Å². The Morgan fingerprint density at radius 3 is 2.93 bits per heavy atom. The van der Waals surface area contributed by atoms with E-state index in [9.17, 15) is 0 Å². The number of nitrogens with zero attached hydrogens (tertiary/aromatic N) is 3. The van der Waals surface area contributed by atoms with Crippen LogP contribution in [-0.4, -0.2) is 29.3 Å². The van der Waals surface area contributed by atoms with Crippen molar-refractivity contribution in [1.82, 2.24) is 10.2 Å². The summed E-state index contributed by atoms with van der Waals surface area (Å²) in [4.78, 5) is 2.30. The molecule has 78 valence electrons. The second kappa shape index (κ2) is 3.82. The van der Waals surface area contributed by atoms with Crippen LogP contribution in [0.25, 0.3) is 0 Å². The number of rotatable bonds is 2. The molecule has 0 radical (unpaired) electrons. The first kappa shape index (κ1) is 9.86. The van der Waals surface area contributed by atoms with Gasteiger partial charge >= 0.3 is 0 Å². The van der Waals surface area contributed by atoms with Crippen molar-refractivity contribution in [3.8, 4) is 0 Å². The summed E-state index contributed by atoms with van der Waals surface area (Å²) in [5.74, 6) is 0.671. The van der Waals surface area contributed by atoms with E-state index in [1.54, 1.807) is 11.3 Å². The van der Waals surface area contributed by atoms with E-state index in [-0.39, 0.29) is 0 Å². The first-order valence-electron chi connectivity index (χ1n) is 4.99. The largest absolute Gasteiger partial charge is 0.342 e. The van der Waals surface area contributed by atoms with Crippen molar-refractivity contribution >= 4 is 16.5 Å². The molecule has 1 saturated heterocycles. The van der Waals surface area contributed by atoms with Gasteiger partial charge in [0.1, 0.15) is 5.01 Å². The predicted octanol–water partition coefficient (Wildman–Crippen LogP) is 1.02. The Kier molecular flexibility index (Phi) is 2.69. The fraction of sp³-hybridized carbons (Fsp3) is 0.778. The molecule has 2 heterocycles. The third-order valence-corrected chi connectivity index (χ3v) is 3.76. The van der Waals surface area contributed by atoms with Crippen LogP contribution in [0.1, 0.15) is 18.4 Å². The summed E-state index contributed by atoms with van der Waals surface area (Å²) in [6.45, 7) is 6.01. The lowest BCUT2D eigenvalue weighted by Crippen LogP contribution is -2.38. The molecule has 2 atom stereocenters. The molecule has 0 aliphatic carbocycles. The lowest BCUT2D eigenvalue weighted by atomic mass is 10.0. The summed E-state index contributed by atoms with van der Waals surface area (Å²) in [5.41, 5.74) is 5.77. The van der Waals surface area contributed by atoms with E-state index in [2.05, 4.69) is 22.0 Å². The van der Waals surface area contributed by atoms with Gasteiger partial charge in [0.2, 0.25) is 5.13 Å². The fourth-order valence-electron chi connectivity index (χ4n) is 2.01. The van der Waals surface area contributed by atoms with Crippen LogP contribution in [-0.2, 0) is 0 Å². The van der Waals surface area contributed by atoms with Gasteiger partial charge in [0.05, 0.1) is 0 Å². The fourth-order valence-corrected chi connectivity index (χ4v) is 2.78. The quantitative estimate of drug-likeness (QED) is 0.795. The highest BCUT2D eigenvalue weighted by Gasteiger charge is 2.31. The van der Waals surface area contributed by atoms with Crippen LogP contribution in [0.4, 0.5) is 5.13 Å². The number of anilines is 1. The molecular weight excluding hydrogens is 196 g/mol. The van der Waals surface area contributed by atoms with Crippen molar-refractivity contribution in [3.63, 3.8) is 0 Å². The molecule has 0 aromatic carbocycles. The van der Waals surface area contributed by atoms with Crippen LogP contribution in [0.3, 0.4) is 0 Å². The summed E-state index contributed by atoms with van der Waals surface area (Å²) in [5, 5.41) is 10.3. The molecule has 5 heteroatoms. The standard InChI is InChI=1S/C9H16N4S/c1-6-3-4-13(8(6)5-10)9-12-11-7(2)14-9/h6,8H,3-5,10H2,1-2H3.